The lowest BCUT2D eigenvalue weighted by atomic mass is 9.84. The average Bonchev–Trinajstić information content (AvgIpc) is 2.51. The lowest BCUT2D eigenvalue weighted by Gasteiger charge is -2.34. The van der Waals surface area contributed by atoms with Gasteiger partial charge in [0.1, 0.15) is 0 Å². The van der Waals surface area contributed by atoms with Gasteiger partial charge in [-0.1, -0.05) is 24.3 Å². The first kappa shape index (κ1) is 18.1. The topological polar surface area (TPSA) is 72.3 Å². The molecule has 0 fully saturated rings. The van der Waals surface area contributed by atoms with Gasteiger partial charge >= 0.3 is 12.4 Å². The van der Waals surface area contributed by atoms with E-state index < -0.39 is 34.6 Å². The van der Waals surface area contributed by atoms with Crippen molar-refractivity contribution < 1.29 is 31.4 Å². The number of alkyl halides is 6. The molecule has 0 aliphatic rings. The SMILES string of the molecule is Nc1ccc2ccc3ccc(N)c(C(O)(C(F)(F)F)C(F)(F)F)c3c2c1. The molecule has 0 aromatic heterocycles. The molecule has 3 rings (SSSR count). The first-order valence-corrected chi connectivity index (χ1v) is 7.24. The third-order valence-corrected chi connectivity index (χ3v) is 4.24. The molecule has 0 amide bonds. The van der Waals surface area contributed by atoms with Crippen molar-refractivity contribution in [3.63, 3.8) is 0 Å². The number of hydrogen-bond donors (Lipinski definition) is 3. The lowest BCUT2D eigenvalue weighted by Crippen LogP contribution is -2.54. The van der Waals surface area contributed by atoms with E-state index in [2.05, 4.69) is 0 Å². The Balaban J connectivity index is 2.61. The Morgan fingerprint density at radius 1 is 0.731 bits per heavy atom. The molecule has 0 aliphatic carbocycles. The highest BCUT2D eigenvalue weighted by atomic mass is 19.4. The zero-order valence-electron chi connectivity index (χ0n) is 12.9. The molecule has 0 saturated heterocycles. The molecule has 0 spiro atoms. The minimum atomic E-state index is -6.05. The van der Waals surface area contributed by atoms with Crippen molar-refractivity contribution in [2.24, 2.45) is 0 Å². The molecular weight excluding hydrogens is 362 g/mol. The fraction of sp³-hybridized carbons (Fsp3) is 0.176. The number of nitrogens with two attached hydrogens (primary N) is 2. The summed E-state index contributed by atoms with van der Waals surface area (Å²) in [6.45, 7) is 0. The maximum Gasteiger partial charge on any atom is 0.430 e. The maximum absolute atomic E-state index is 13.4. The molecule has 26 heavy (non-hydrogen) atoms. The van der Waals surface area contributed by atoms with Crippen LogP contribution in [-0.4, -0.2) is 17.5 Å². The van der Waals surface area contributed by atoms with Crippen LogP contribution >= 0.6 is 0 Å². The van der Waals surface area contributed by atoms with Crippen LogP contribution < -0.4 is 11.5 Å². The van der Waals surface area contributed by atoms with Gasteiger partial charge in [-0.15, -0.1) is 0 Å². The van der Waals surface area contributed by atoms with Crippen LogP contribution in [0.2, 0.25) is 0 Å². The maximum atomic E-state index is 13.4. The molecule has 0 bridgehead atoms. The number of benzene rings is 3. The third-order valence-electron chi connectivity index (χ3n) is 4.24. The Kier molecular flexibility index (Phi) is 3.77. The highest BCUT2D eigenvalue weighted by molar-refractivity contribution is 6.11. The molecule has 5 N–H and O–H groups in total. The van der Waals surface area contributed by atoms with E-state index in [1.807, 2.05) is 0 Å². The van der Waals surface area contributed by atoms with Gasteiger partial charge in [-0.3, -0.25) is 0 Å². The monoisotopic (exact) mass is 374 g/mol. The number of anilines is 2. The number of fused-ring (bicyclic) bond motifs is 3. The highest BCUT2D eigenvalue weighted by Crippen LogP contribution is 2.54. The van der Waals surface area contributed by atoms with Crippen LogP contribution in [0.1, 0.15) is 5.56 Å². The van der Waals surface area contributed by atoms with Crippen LogP contribution in [0, 0.1) is 0 Å². The van der Waals surface area contributed by atoms with Crippen molar-refractivity contribution in [2.75, 3.05) is 11.5 Å². The lowest BCUT2D eigenvalue weighted by molar-refractivity contribution is -0.375. The predicted octanol–water partition coefficient (Wildman–Crippen LogP) is 4.47. The first-order chi connectivity index (χ1) is 11.9. The van der Waals surface area contributed by atoms with Gasteiger partial charge in [0.15, 0.2) is 0 Å². The summed E-state index contributed by atoms with van der Waals surface area (Å²) < 4.78 is 80.5. The third kappa shape index (κ3) is 2.42. The van der Waals surface area contributed by atoms with E-state index >= 15 is 0 Å². The van der Waals surface area contributed by atoms with Crippen LogP contribution in [0.4, 0.5) is 37.7 Å². The van der Waals surface area contributed by atoms with E-state index in [1.54, 1.807) is 0 Å². The average molecular weight is 374 g/mol. The van der Waals surface area contributed by atoms with Crippen molar-refractivity contribution >= 4 is 32.9 Å². The number of hydrogen-bond acceptors (Lipinski definition) is 3. The van der Waals surface area contributed by atoms with Crippen molar-refractivity contribution in [3.8, 4) is 0 Å². The Bertz CT molecular complexity index is 996. The fourth-order valence-corrected chi connectivity index (χ4v) is 3.01. The van der Waals surface area contributed by atoms with Crippen LogP contribution in [0.3, 0.4) is 0 Å². The number of halogens is 6. The summed E-state index contributed by atoms with van der Waals surface area (Å²) in [4.78, 5) is 0. The van der Waals surface area contributed by atoms with E-state index in [4.69, 9.17) is 11.5 Å². The zero-order valence-corrected chi connectivity index (χ0v) is 12.9. The van der Waals surface area contributed by atoms with E-state index in [-0.39, 0.29) is 16.5 Å². The van der Waals surface area contributed by atoms with Crippen LogP contribution in [0.5, 0.6) is 0 Å². The van der Waals surface area contributed by atoms with E-state index in [9.17, 15) is 31.4 Å². The summed E-state index contributed by atoms with van der Waals surface area (Å²) in [5, 5.41) is 9.88. The quantitative estimate of drug-likeness (QED) is 0.334. The summed E-state index contributed by atoms with van der Waals surface area (Å²) in [5.41, 5.74) is 3.87. The van der Waals surface area contributed by atoms with Crippen molar-refractivity contribution in [3.05, 3.63) is 48.0 Å². The van der Waals surface area contributed by atoms with Crippen LogP contribution in [-0.2, 0) is 5.60 Å². The largest absolute Gasteiger partial charge is 0.430 e. The zero-order chi connectivity index (χ0) is 19.5. The van der Waals surface area contributed by atoms with Crippen LogP contribution in [0.25, 0.3) is 21.5 Å². The van der Waals surface area contributed by atoms with Gasteiger partial charge in [0.05, 0.1) is 0 Å². The van der Waals surface area contributed by atoms with Crippen molar-refractivity contribution in [1.82, 2.24) is 0 Å². The normalized spacial score (nSPS) is 13.5. The van der Waals surface area contributed by atoms with Crippen molar-refractivity contribution in [2.45, 2.75) is 18.0 Å². The second-order valence-corrected chi connectivity index (χ2v) is 5.88. The summed E-state index contributed by atoms with van der Waals surface area (Å²) in [5.74, 6) is 0. The smallest absolute Gasteiger partial charge is 0.399 e. The molecule has 9 heteroatoms. The van der Waals surface area contributed by atoms with Gasteiger partial charge in [0.25, 0.3) is 5.60 Å². The minimum absolute atomic E-state index is 0.0247. The Morgan fingerprint density at radius 2 is 1.23 bits per heavy atom. The van der Waals surface area contributed by atoms with Gasteiger partial charge in [-0.05, 0) is 39.7 Å². The molecule has 0 radical (unpaired) electrons. The molecule has 0 atom stereocenters. The highest BCUT2D eigenvalue weighted by Gasteiger charge is 2.72. The Morgan fingerprint density at radius 3 is 1.81 bits per heavy atom. The Hall–Kier alpha value is -2.68. The van der Waals surface area contributed by atoms with E-state index in [0.29, 0.717) is 5.39 Å². The van der Waals surface area contributed by atoms with E-state index in [0.717, 1.165) is 6.07 Å². The second kappa shape index (κ2) is 5.41. The summed E-state index contributed by atoms with van der Waals surface area (Å²) in [6.07, 6.45) is -12.1. The number of nitrogen functional groups attached to an aromatic ring is 2. The van der Waals surface area contributed by atoms with Gasteiger partial charge in [0, 0.05) is 16.9 Å². The van der Waals surface area contributed by atoms with Gasteiger partial charge < -0.3 is 16.6 Å². The molecule has 3 aromatic carbocycles. The molecule has 0 heterocycles. The van der Waals surface area contributed by atoms with Gasteiger partial charge in [-0.2, -0.15) is 26.3 Å². The Labute approximate surface area is 142 Å². The summed E-state index contributed by atoms with van der Waals surface area (Å²) >= 11 is 0. The summed E-state index contributed by atoms with van der Waals surface area (Å²) in [7, 11) is 0. The molecule has 0 aliphatic heterocycles. The molecule has 3 nitrogen and oxygen atoms in total. The van der Waals surface area contributed by atoms with Gasteiger partial charge in [0.2, 0.25) is 0 Å². The van der Waals surface area contributed by atoms with Crippen molar-refractivity contribution in [1.29, 1.82) is 0 Å². The van der Waals surface area contributed by atoms with Gasteiger partial charge in [-0.25, -0.2) is 0 Å². The second-order valence-electron chi connectivity index (χ2n) is 5.88. The standard InChI is InChI=1S/C17H12F6N2O/c18-16(19,20)15(26,17(21,22)23)14-12(25)6-4-9-2-1-8-3-5-10(24)7-11(8)13(9)14/h1-7,26H,24-25H2. The molecule has 0 saturated carbocycles. The first-order valence-electron chi connectivity index (χ1n) is 7.24. The summed E-state index contributed by atoms with van der Waals surface area (Å²) in [6, 6.07) is 9.22. The molecule has 0 unspecified atom stereocenters. The fourth-order valence-electron chi connectivity index (χ4n) is 3.01. The number of rotatable bonds is 1. The minimum Gasteiger partial charge on any atom is -0.399 e. The molecule has 138 valence electrons. The van der Waals surface area contributed by atoms with E-state index in [1.165, 1.54) is 36.4 Å². The van der Waals surface area contributed by atoms with Crippen LogP contribution in [0.15, 0.2) is 42.5 Å². The predicted molar refractivity (Wildman–Crippen MR) is 86.3 cm³/mol. The molecule has 3 aromatic rings. The number of aliphatic hydroxyl groups is 1. The molecular formula is C17H12F6N2O.